The molecule has 0 radical (unpaired) electrons. The standard InChI is InChI=1S/C12H21NO3/c1-8-5-9(2)7-10(6-8)13-11(14)3-4-12(15)16/h8-10H,3-7H2,1-2H3,(H,13,14)(H,15,16). The number of carbonyl (C=O) groups excluding carboxylic acids is 1. The number of carbonyl (C=O) groups is 2. The summed E-state index contributed by atoms with van der Waals surface area (Å²) in [6.45, 7) is 4.40. The molecule has 1 amide bonds. The quantitative estimate of drug-likeness (QED) is 0.769. The van der Waals surface area contributed by atoms with E-state index in [1.54, 1.807) is 0 Å². The predicted octanol–water partition coefficient (Wildman–Crippen LogP) is 1.79. The fourth-order valence-electron chi connectivity index (χ4n) is 2.59. The molecule has 2 atom stereocenters. The molecule has 1 aliphatic carbocycles. The second-order valence-electron chi connectivity index (χ2n) is 5.08. The smallest absolute Gasteiger partial charge is 0.303 e. The summed E-state index contributed by atoms with van der Waals surface area (Å²) in [5.74, 6) is 0.247. The molecule has 0 aromatic heterocycles. The number of hydrogen-bond donors (Lipinski definition) is 2. The van der Waals surface area contributed by atoms with Crippen molar-refractivity contribution in [3.05, 3.63) is 0 Å². The number of nitrogens with one attached hydrogen (secondary N) is 1. The molecule has 0 saturated heterocycles. The Balaban J connectivity index is 2.30. The molecule has 1 saturated carbocycles. The van der Waals surface area contributed by atoms with E-state index in [2.05, 4.69) is 19.2 Å². The molecule has 1 aliphatic rings. The van der Waals surface area contributed by atoms with Crippen LogP contribution < -0.4 is 5.32 Å². The Morgan fingerprint density at radius 2 is 1.69 bits per heavy atom. The maximum atomic E-state index is 11.5. The van der Waals surface area contributed by atoms with Crippen LogP contribution in [-0.4, -0.2) is 23.0 Å². The molecule has 2 N–H and O–H groups in total. The second-order valence-corrected chi connectivity index (χ2v) is 5.08. The lowest BCUT2D eigenvalue weighted by molar-refractivity contribution is -0.139. The third kappa shape index (κ3) is 4.64. The SMILES string of the molecule is CC1CC(C)CC(NC(=O)CCC(=O)O)C1. The molecular weight excluding hydrogens is 206 g/mol. The molecule has 0 spiro atoms. The van der Waals surface area contributed by atoms with E-state index in [4.69, 9.17) is 5.11 Å². The van der Waals surface area contributed by atoms with Crippen LogP contribution in [0.4, 0.5) is 0 Å². The van der Waals surface area contributed by atoms with Gasteiger partial charge in [-0.15, -0.1) is 0 Å². The summed E-state index contributed by atoms with van der Waals surface area (Å²) < 4.78 is 0. The van der Waals surface area contributed by atoms with E-state index in [9.17, 15) is 9.59 Å². The van der Waals surface area contributed by atoms with E-state index in [0.717, 1.165) is 12.8 Å². The molecule has 4 heteroatoms. The van der Waals surface area contributed by atoms with Crippen molar-refractivity contribution in [3.63, 3.8) is 0 Å². The van der Waals surface area contributed by atoms with Gasteiger partial charge in [0.25, 0.3) is 0 Å². The van der Waals surface area contributed by atoms with Crippen LogP contribution in [0.25, 0.3) is 0 Å². The predicted molar refractivity (Wildman–Crippen MR) is 61.0 cm³/mol. The Kier molecular flexibility index (Phi) is 4.77. The first-order valence-electron chi connectivity index (χ1n) is 5.98. The number of carboxylic acid groups (broad SMARTS) is 1. The fourth-order valence-corrected chi connectivity index (χ4v) is 2.59. The van der Waals surface area contributed by atoms with Gasteiger partial charge in [0.15, 0.2) is 0 Å². The second kappa shape index (κ2) is 5.87. The van der Waals surface area contributed by atoms with Gasteiger partial charge in [0, 0.05) is 12.5 Å². The molecule has 0 bridgehead atoms. The molecule has 4 nitrogen and oxygen atoms in total. The lowest BCUT2D eigenvalue weighted by Gasteiger charge is -2.31. The molecule has 1 rings (SSSR count). The Bertz CT molecular complexity index is 255. The Morgan fingerprint density at radius 1 is 1.12 bits per heavy atom. The van der Waals surface area contributed by atoms with Crippen LogP contribution in [0.1, 0.15) is 46.0 Å². The van der Waals surface area contributed by atoms with E-state index in [0.29, 0.717) is 11.8 Å². The average molecular weight is 227 g/mol. The van der Waals surface area contributed by atoms with Gasteiger partial charge in [0.05, 0.1) is 6.42 Å². The first-order chi connectivity index (χ1) is 7.47. The van der Waals surface area contributed by atoms with Gasteiger partial charge in [0.1, 0.15) is 0 Å². The topological polar surface area (TPSA) is 66.4 Å². The van der Waals surface area contributed by atoms with E-state index >= 15 is 0 Å². The van der Waals surface area contributed by atoms with Crippen molar-refractivity contribution in [2.45, 2.75) is 52.0 Å². The first-order valence-corrected chi connectivity index (χ1v) is 5.98. The third-order valence-corrected chi connectivity index (χ3v) is 3.11. The summed E-state index contributed by atoms with van der Waals surface area (Å²) in [6.07, 6.45) is 3.27. The molecule has 2 unspecified atom stereocenters. The van der Waals surface area contributed by atoms with Gasteiger partial charge in [-0.05, 0) is 31.1 Å². The summed E-state index contributed by atoms with van der Waals surface area (Å²) >= 11 is 0. The highest BCUT2D eigenvalue weighted by Crippen LogP contribution is 2.28. The van der Waals surface area contributed by atoms with Crippen LogP contribution in [0.3, 0.4) is 0 Å². The van der Waals surface area contributed by atoms with Crippen LogP contribution in [0, 0.1) is 11.8 Å². The average Bonchev–Trinajstić information content (AvgIpc) is 2.12. The number of hydrogen-bond acceptors (Lipinski definition) is 2. The van der Waals surface area contributed by atoms with Crippen molar-refractivity contribution in [1.82, 2.24) is 5.32 Å². The minimum absolute atomic E-state index is 0.0797. The molecule has 92 valence electrons. The van der Waals surface area contributed by atoms with Crippen molar-refractivity contribution in [3.8, 4) is 0 Å². The largest absolute Gasteiger partial charge is 0.481 e. The van der Waals surface area contributed by atoms with Gasteiger partial charge in [-0.3, -0.25) is 9.59 Å². The van der Waals surface area contributed by atoms with Crippen LogP contribution in [0.2, 0.25) is 0 Å². The molecular formula is C12H21NO3. The Morgan fingerprint density at radius 3 is 2.19 bits per heavy atom. The molecule has 0 heterocycles. The number of rotatable bonds is 4. The Labute approximate surface area is 96.4 Å². The number of amides is 1. The van der Waals surface area contributed by atoms with Gasteiger partial charge in [-0.1, -0.05) is 13.8 Å². The molecule has 16 heavy (non-hydrogen) atoms. The highest BCUT2D eigenvalue weighted by molar-refractivity contribution is 5.80. The van der Waals surface area contributed by atoms with Crippen molar-refractivity contribution in [2.24, 2.45) is 11.8 Å². The highest BCUT2D eigenvalue weighted by Gasteiger charge is 2.24. The molecule has 0 aromatic rings. The minimum Gasteiger partial charge on any atom is -0.481 e. The zero-order valence-electron chi connectivity index (χ0n) is 10.0. The molecule has 0 aliphatic heterocycles. The first kappa shape index (κ1) is 13.0. The van der Waals surface area contributed by atoms with Crippen molar-refractivity contribution in [2.75, 3.05) is 0 Å². The summed E-state index contributed by atoms with van der Waals surface area (Å²) in [4.78, 5) is 21.8. The van der Waals surface area contributed by atoms with E-state index in [-0.39, 0.29) is 24.8 Å². The monoisotopic (exact) mass is 227 g/mol. The zero-order valence-corrected chi connectivity index (χ0v) is 10.0. The zero-order chi connectivity index (χ0) is 12.1. The summed E-state index contributed by atoms with van der Waals surface area (Å²) in [7, 11) is 0. The van der Waals surface area contributed by atoms with Crippen LogP contribution in [0.15, 0.2) is 0 Å². The third-order valence-electron chi connectivity index (χ3n) is 3.11. The molecule has 0 aromatic carbocycles. The Hall–Kier alpha value is -1.06. The minimum atomic E-state index is -0.916. The van der Waals surface area contributed by atoms with Gasteiger partial charge in [-0.25, -0.2) is 0 Å². The van der Waals surface area contributed by atoms with Gasteiger partial charge >= 0.3 is 5.97 Å². The van der Waals surface area contributed by atoms with Crippen LogP contribution >= 0.6 is 0 Å². The normalized spacial score (nSPS) is 29.8. The summed E-state index contributed by atoms with van der Waals surface area (Å²) in [5, 5.41) is 11.4. The van der Waals surface area contributed by atoms with E-state index < -0.39 is 5.97 Å². The van der Waals surface area contributed by atoms with Crippen molar-refractivity contribution in [1.29, 1.82) is 0 Å². The lowest BCUT2D eigenvalue weighted by Crippen LogP contribution is -2.40. The maximum absolute atomic E-state index is 11.5. The van der Waals surface area contributed by atoms with Gasteiger partial charge in [0.2, 0.25) is 5.91 Å². The molecule has 1 fully saturated rings. The summed E-state index contributed by atoms with van der Waals surface area (Å²) in [6, 6.07) is 0.236. The van der Waals surface area contributed by atoms with Gasteiger partial charge in [-0.2, -0.15) is 0 Å². The van der Waals surface area contributed by atoms with Gasteiger partial charge < -0.3 is 10.4 Å². The maximum Gasteiger partial charge on any atom is 0.303 e. The van der Waals surface area contributed by atoms with Crippen molar-refractivity contribution >= 4 is 11.9 Å². The van der Waals surface area contributed by atoms with E-state index in [1.807, 2.05) is 0 Å². The van der Waals surface area contributed by atoms with Crippen molar-refractivity contribution < 1.29 is 14.7 Å². The number of carboxylic acids is 1. The van der Waals surface area contributed by atoms with Crippen LogP contribution in [-0.2, 0) is 9.59 Å². The van der Waals surface area contributed by atoms with Crippen LogP contribution in [0.5, 0.6) is 0 Å². The lowest BCUT2D eigenvalue weighted by atomic mass is 9.80. The highest BCUT2D eigenvalue weighted by atomic mass is 16.4. The number of aliphatic carboxylic acids is 1. The summed E-state index contributed by atoms with van der Waals surface area (Å²) in [5.41, 5.74) is 0. The fraction of sp³-hybridized carbons (Fsp3) is 0.833. The van der Waals surface area contributed by atoms with E-state index in [1.165, 1.54) is 6.42 Å².